The van der Waals surface area contributed by atoms with E-state index in [1.54, 1.807) is 25.1 Å². The minimum atomic E-state index is -0.993. The number of hydrogen-bond acceptors (Lipinski definition) is 6. The number of esters is 1. The van der Waals surface area contributed by atoms with E-state index < -0.39 is 23.9 Å². The number of hydrogen-bond donors (Lipinski definition) is 3. The van der Waals surface area contributed by atoms with Crippen molar-refractivity contribution < 1.29 is 28.6 Å². The lowest BCUT2D eigenvalue weighted by Gasteiger charge is -2.24. The molecule has 1 aliphatic rings. The van der Waals surface area contributed by atoms with E-state index in [4.69, 9.17) is 20.3 Å². The number of carboxylic acids is 1. The van der Waals surface area contributed by atoms with Gasteiger partial charge in [-0.1, -0.05) is 6.92 Å². The molecule has 9 heteroatoms. The SMILES string of the molecule is C[C@H](Cc1ccc(C(=O)Oc2ccc(C(=N)N)cc2)o1)C(=O)N1CCC[C@@H]1C(=O)O. The van der Waals surface area contributed by atoms with E-state index in [9.17, 15) is 19.5 Å². The number of furan rings is 1. The first-order valence-electron chi connectivity index (χ1n) is 9.55. The highest BCUT2D eigenvalue weighted by Crippen LogP contribution is 2.23. The molecule has 0 aliphatic carbocycles. The number of likely N-dealkylation sites (tertiary alicyclic amines) is 1. The third-order valence-corrected chi connectivity index (χ3v) is 4.99. The minimum absolute atomic E-state index is 0.00937. The quantitative estimate of drug-likeness (QED) is 0.272. The normalized spacial score (nSPS) is 16.8. The van der Waals surface area contributed by atoms with Gasteiger partial charge in [-0.2, -0.15) is 0 Å². The molecule has 1 saturated heterocycles. The largest absolute Gasteiger partial charge is 0.480 e. The van der Waals surface area contributed by atoms with E-state index in [0.717, 1.165) is 0 Å². The summed E-state index contributed by atoms with van der Waals surface area (Å²) in [5.74, 6) is -1.81. The molecule has 1 fully saturated rings. The van der Waals surface area contributed by atoms with E-state index in [-0.39, 0.29) is 29.7 Å². The van der Waals surface area contributed by atoms with Gasteiger partial charge in [-0.15, -0.1) is 0 Å². The molecule has 158 valence electrons. The molecular weight excluding hydrogens is 390 g/mol. The van der Waals surface area contributed by atoms with Crippen LogP contribution in [-0.2, 0) is 16.0 Å². The second-order valence-corrected chi connectivity index (χ2v) is 7.23. The number of amidine groups is 1. The number of aliphatic carboxylic acids is 1. The number of nitrogens with two attached hydrogens (primary N) is 1. The van der Waals surface area contributed by atoms with Crippen LogP contribution in [0.2, 0.25) is 0 Å². The molecule has 0 spiro atoms. The Bertz CT molecular complexity index is 965. The van der Waals surface area contributed by atoms with Gasteiger partial charge >= 0.3 is 11.9 Å². The fourth-order valence-corrected chi connectivity index (χ4v) is 3.42. The van der Waals surface area contributed by atoms with Gasteiger partial charge in [0.25, 0.3) is 0 Å². The van der Waals surface area contributed by atoms with Crippen LogP contribution in [0.4, 0.5) is 0 Å². The molecule has 1 aliphatic heterocycles. The molecule has 9 nitrogen and oxygen atoms in total. The average Bonchev–Trinajstić information content (AvgIpc) is 3.37. The van der Waals surface area contributed by atoms with Crippen LogP contribution >= 0.6 is 0 Å². The molecule has 1 aromatic heterocycles. The maximum absolute atomic E-state index is 12.6. The second-order valence-electron chi connectivity index (χ2n) is 7.23. The van der Waals surface area contributed by atoms with Gasteiger partial charge in [0.15, 0.2) is 0 Å². The Morgan fingerprint density at radius 1 is 1.27 bits per heavy atom. The van der Waals surface area contributed by atoms with Crippen molar-refractivity contribution in [1.82, 2.24) is 4.90 Å². The van der Waals surface area contributed by atoms with Crippen molar-refractivity contribution in [1.29, 1.82) is 5.41 Å². The Kier molecular flexibility index (Phi) is 6.20. The predicted octanol–water partition coefficient (Wildman–Crippen LogP) is 2.04. The summed E-state index contributed by atoms with van der Waals surface area (Å²) in [5, 5.41) is 16.6. The van der Waals surface area contributed by atoms with Crippen molar-refractivity contribution in [3.63, 3.8) is 0 Å². The summed E-state index contributed by atoms with van der Waals surface area (Å²) in [6.45, 7) is 2.13. The first-order chi connectivity index (χ1) is 14.3. The number of benzene rings is 1. The van der Waals surface area contributed by atoms with Crippen molar-refractivity contribution in [2.75, 3.05) is 6.54 Å². The van der Waals surface area contributed by atoms with E-state index in [1.807, 2.05) is 0 Å². The third-order valence-electron chi connectivity index (χ3n) is 4.99. The van der Waals surface area contributed by atoms with Crippen LogP contribution in [0.5, 0.6) is 5.75 Å². The lowest BCUT2D eigenvalue weighted by molar-refractivity contribution is -0.149. The van der Waals surface area contributed by atoms with E-state index in [2.05, 4.69) is 0 Å². The molecule has 0 unspecified atom stereocenters. The fourth-order valence-electron chi connectivity index (χ4n) is 3.42. The summed E-state index contributed by atoms with van der Waals surface area (Å²) in [6, 6.07) is 8.45. The van der Waals surface area contributed by atoms with Crippen LogP contribution in [-0.4, -0.2) is 46.3 Å². The fraction of sp³-hybridized carbons (Fsp3) is 0.333. The lowest BCUT2D eigenvalue weighted by atomic mass is 10.0. The first-order valence-corrected chi connectivity index (χ1v) is 9.55. The summed E-state index contributed by atoms with van der Waals surface area (Å²) in [4.78, 5) is 37.6. The van der Waals surface area contributed by atoms with Crippen LogP contribution in [0.25, 0.3) is 0 Å². The van der Waals surface area contributed by atoms with Gasteiger partial charge in [0.05, 0.1) is 0 Å². The molecule has 0 bridgehead atoms. The molecule has 2 atom stereocenters. The van der Waals surface area contributed by atoms with Gasteiger partial charge in [-0.3, -0.25) is 10.2 Å². The topological polar surface area (TPSA) is 147 Å². The van der Waals surface area contributed by atoms with Crippen LogP contribution in [0.3, 0.4) is 0 Å². The maximum atomic E-state index is 12.6. The lowest BCUT2D eigenvalue weighted by Crippen LogP contribution is -2.43. The van der Waals surface area contributed by atoms with Crippen molar-refractivity contribution in [2.45, 2.75) is 32.2 Å². The van der Waals surface area contributed by atoms with Crippen LogP contribution in [0.15, 0.2) is 40.8 Å². The predicted molar refractivity (Wildman–Crippen MR) is 106 cm³/mol. The maximum Gasteiger partial charge on any atom is 0.379 e. The summed E-state index contributed by atoms with van der Waals surface area (Å²) >= 11 is 0. The number of rotatable bonds is 7. The molecule has 2 heterocycles. The summed E-state index contributed by atoms with van der Waals surface area (Å²) in [5.41, 5.74) is 5.90. The highest BCUT2D eigenvalue weighted by molar-refractivity contribution is 5.95. The molecule has 4 N–H and O–H groups in total. The number of amides is 1. The second kappa shape index (κ2) is 8.81. The Labute approximate surface area is 172 Å². The molecule has 30 heavy (non-hydrogen) atoms. The van der Waals surface area contributed by atoms with Gasteiger partial charge in [-0.05, 0) is 49.2 Å². The Hall–Kier alpha value is -3.62. The Balaban J connectivity index is 1.60. The van der Waals surface area contributed by atoms with Gasteiger partial charge < -0.3 is 24.9 Å². The van der Waals surface area contributed by atoms with Crippen molar-refractivity contribution in [2.24, 2.45) is 11.7 Å². The molecular formula is C21H23N3O6. The number of nitrogens with one attached hydrogen (secondary N) is 1. The zero-order chi connectivity index (χ0) is 21.8. The molecule has 3 rings (SSSR count). The number of carbonyl (C=O) groups is 3. The number of carbonyl (C=O) groups excluding carboxylic acids is 2. The highest BCUT2D eigenvalue weighted by Gasteiger charge is 2.36. The first kappa shape index (κ1) is 21.1. The number of ether oxygens (including phenoxy) is 1. The molecule has 1 aromatic carbocycles. The minimum Gasteiger partial charge on any atom is -0.480 e. The number of carboxylic acid groups (broad SMARTS) is 1. The van der Waals surface area contributed by atoms with E-state index in [0.29, 0.717) is 30.7 Å². The highest BCUT2D eigenvalue weighted by atomic mass is 16.5. The summed E-state index contributed by atoms with van der Waals surface area (Å²) < 4.78 is 10.8. The Morgan fingerprint density at radius 3 is 2.60 bits per heavy atom. The van der Waals surface area contributed by atoms with E-state index >= 15 is 0 Å². The van der Waals surface area contributed by atoms with Gasteiger partial charge in [0.2, 0.25) is 11.7 Å². The molecule has 1 amide bonds. The zero-order valence-corrected chi connectivity index (χ0v) is 16.5. The van der Waals surface area contributed by atoms with Crippen LogP contribution < -0.4 is 10.5 Å². The average molecular weight is 413 g/mol. The monoisotopic (exact) mass is 413 g/mol. The van der Waals surface area contributed by atoms with Crippen molar-refractivity contribution in [3.8, 4) is 5.75 Å². The summed E-state index contributed by atoms with van der Waals surface area (Å²) in [6.07, 6.45) is 1.36. The van der Waals surface area contributed by atoms with Gasteiger partial charge in [0, 0.05) is 24.4 Å². The molecule has 2 aromatic rings. The van der Waals surface area contributed by atoms with Gasteiger partial charge in [0.1, 0.15) is 23.4 Å². The van der Waals surface area contributed by atoms with E-state index in [1.165, 1.54) is 23.1 Å². The van der Waals surface area contributed by atoms with Crippen LogP contribution in [0, 0.1) is 11.3 Å². The number of nitrogen functional groups attached to an aromatic ring is 1. The van der Waals surface area contributed by atoms with Crippen LogP contribution in [0.1, 0.15) is 41.6 Å². The molecule has 0 saturated carbocycles. The summed E-state index contributed by atoms with van der Waals surface area (Å²) in [7, 11) is 0. The standard InChI is InChI=1S/C21H23N3O6/c1-12(19(25)24-10-2-3-16(24)20(26)27)11-15-8-9-17(29-15)21(28)30-14-6-4-13(5-7-14)18(22)23/h4-9,12,16H,2-3,10-11H2,1H3,(H3,22,23)(H,26,27)/t12-,16-/m1/s1. The Morgan fingerprint density at radius 2 is 1.97 bits per heavy atom. The third kappa shape index (κ3) is 4.68. The van der Waals surface area contributed by atoms with Crippen molar-refractivity contribution in [3.05, 3.63) is 53.5 Å². The molecule has 0 radical (unpaired) electrons. The smallest absolute Gasteiger partial charge is 0.379 e. The zero-order valence-electron chi connectivity index (χ0n) is 16.5. The number of nitrogens with zero attached hydrogens (tertiary/aromatic N) is 1. The van der Waals surface area contributed by atoms with Crippen molar-refractivity contribution >= 4 is 23.7 Å². The van der Waals surface area contributed by atoms with Gasteiger partial charge in [-0.25, -0.2) is 9.59 Å².